The van der Waals surface area contributed by atoms with Crippen molar-refractivity contribution in [3.05, 3.63) is 62.9 Å². The second-order valence-corrected chi connectivity index (χ2v) is 8.00. The standard InChI is InChI=1S/C17H16N4O4S/c22-16-13-9-12(10-18-15(13)19-17(23)20-16)26(24,25)21-8-4-3-6-11-5-1-2-7-14(11)21/h1-2,5,7,9-10H,3-4,6,8H2,(H2,18,19,20,22,23). The Kier molecular flexibility index (Phi) is 3.87. The smallest absolute Gasteiger partial charge is 0.291 e. The molecule has 134 valence electrons. The number of aryl methyl sites for hydroxylation is 1. The minimum atomic E-state index is -3.89. The SMILES string of the molecule is O=c1[nH]c(=O)c2cc(S(=O)(=O)N3CCCCc4ccccc43)cnc2[nH]1. The molecule has 4 rings (SSSR count). The van der Waals surface area contributed by atoms with E-state index in [2.05, 4.69) is 15.0 Å². The number of aromatic nitrogens is 3. The van der Waals surface area contributed by atoms with E-state index in [1.807, 2.05) is 12.1 Å². The highest BCUT2D eigenvalue weighted by Gasteiger charge is 2.28. The van der Waals surface area contributed by atoms with Crippen LogP contribution in [0.1, 0.15) is 18.4 Å². The van der Waals surface area contributed by atoms with Crippen LogP contribution in [0.25, 0.3) is 11.0 Å². The molecular weight excluding hydrogens is 356 g/mol. The van der Waals surface area contributed by atoms with Gasteiger partial charge in [-0.3, -0.25) is 19.1 Å². The molecule has 0 saturated carbocycles. The first kappa shape index (κ1) is 16.5. The molecule has 0 radical (unpaired) electrons. The van der Waals surface area contributed by atoms with Crippen molar-refractivity contribution in [2.45, 2.75) is 24.2 Å². The van der Waals surface area contributed by atoms with E-state index in [4.69, 9.17) is 0 Å². The summed E-state index contributed by atoms with van der Waals surface area (Å²) in [5.41, 5.74) is 0.315. The zero-order valence-electron chi connectivity index (χ0n) is 13.7. The van der Waals surface area contributed by atoms with Gasteiger partial charge in [0.05, 0.1) is 11.1 Å². The largest absolute Gasteiger partial charge is 0.327 e. The number of hydrogen-bond acceptors (Lipinski definition) is 5. The van der Waals surface area contributed by atoms with Crippen molar-refractivity contribution in [2.75, 3.05) is 10.8 Å². The van der Waals surface area contributed by atoms with Gasteiger partial charge in [-0.05, 0) is 37.0 Å². The van der Waals surface area contributed by atoms with Crippen LogP contribution in [0.4, 0.5) is 5.69 Å². The summed E-state index contributed by atoms with van der Waals surface area (Å²) in [5, 5.41) is 0.0220. The fourth-order valence-electron chi connectivity index (χ4n) is 3.20. The predicted molar refractivity (Wildman–Crippen MR) is 96.9 cm³/mol. The quantitative estimate of drug-likeness (QED) is 0.700. The summed E-state index contributed by atoms with van der Waals surface area (Å²) >= 11 is 0. The lowest BCUT2D eigenvalue weighted by Crippen LogP contribution is -2.32. The average Bonchev–Trinajstić information content (AvgIpc) is 2.84. The van der Waals surface area contributed by atoms with Crippen molar-refractivity contribution < 1.29 is 8.42 Å². The highest BCUT2D eigenvalue weighted by Crippen LogP contribution is 2.31. The molecule has 26 heavy (non-hydrogen) atoms. The third-order valence-corrected chi connectivity index (χ3v) is 6.25. The summed E-state index contributed by atoms with van der Waals surface area (Å²) in [5.74, 6) is 0. The number of pyridine rings is 1. The van der Waals surface area contributed by atoms with Crippen LogP contribution in [-0.4, -0.2) is 29.9 Å². The molecule has 2 aromatic heterocycles. The molecule has 0 atom stereocenters. The summed E-state index contributed by atoms with van der Waals surface area (Å²) in [6.45, 7) is 0.360. The Labute approximate surface area is 148 Å². The molecule has 9 heteroatoms. The van der Waals surface area contributed by atoms with Gasteiger partial charge in [-0.1, -0.05) is 18.2 Å². The molecule has 0 saturated heterocycles. The van der Waals surface area contributed by atoms with Crippen molar-refractivity contribution in [3.63, 3.8) is 0 Å². The minimum Gasteiger partial charge on any atom is -0.291 e. The monoisotopic (exact) mass is 372 g/mol. The van der Waals surface area contributed by atoms with Crippen LogP contribution in [0.2, 0.25) is 0 Å². The van der Waals surface area contributed by atoms with Crippen molar-refractivity contribution in [3.8, 4) is 0 Å². The normalized spacial score (nSPS) is 14.8. The fraction of sp³-hybridized carbons (Fsp3) is 0.235. The lowest BCUT2D eigenvalue weighted by molar-refractivity contribution is 0.589. The summed E-state index contributed by atoms with van der Waals surface area (Å²) in [6, 6.07) is 8.66. The van der Waals surface area contributed by atoms with Crippen molar-refractivity contribution in [1.29, 1.82) is 0 Å². The Morgan fingerprint density at radius 2 is 1.88 bits per heavy atom. The number of fused-ring (bicyclic) bond motifs is 2. The third kappa shape index (κ3) is 2.70. The van der Waals surface area contributed by atoms with E-state index in [0.717, 1.165) is 24.8 Å². The number of H-pyrrole nitrogens is 2. The Morgan fingerprint density at radius 3 is 2.73 bits per heavy atom. The number of anilines is 1. The molecular formula is C17H16N4O4S. The van der Waals surface area contributed by atoms with Gasteiger partial charge in [0, 0.05) is 12.7 Å². The van der Waals surface area contributed by atoms with E-state index >= 15 is 0 Å². The predicted octanol–water partition coefficient (Wildman–Crippen LogP) is 1.14. The summed E-state index contributed by atoms with van der Waals surface area (Å²) < 4.78 is 27.8. The molecule has 0 fully saturated rings. The maximum Gasteiger partial charge on any atom is 0.327 e. The summed E-state index contributed by atoms with van der Waals surface area (Å²) in [6.07, 6.45) is 3.63. The lowest BCUT2D eigenvalue weighted by atomic mass is 10.1. The second kappa shape index (κ2) is 6.10. The van der Waals surface area contributed by atoms with Crippen molar-refractivity contribution >= 4 is 26.7 Å². The number of benzene rings is 1. The summed E-state index contributed by atoms with van der Waals surface area (Å²) in [7, 11) is -3.89. The van der Waals surface area contributed by atoms with Gasteiger partial charge in [0.1, 0.15) is 10.5 Å². The Hall–Kier alpha value is -2.94. The van der Waals surface area contributed by atoms with E-state index in [-0.39, 0.29) is 15.9 Å². The number of para-hydroxylation sites is 1. The van der Waals surface area contributed by atoms with Gasteiger partial charge in [-0.25, -0.2) is 18.2 Å². The second-order valence-electron chi connectivity index (χ2n) is 6.14. The molecule has 0 aliphatic carbocycles. The van der Waals surface area contributed by atoms with E-state index in [1.54, 1.807) is 12.1 Å². The number of sulfonamides is 1. The van der Waals surface area contributed by atoms with Crippen LogP contribution < -0.4 is 15.6 Å². The van der Waals surface area contributed by atoms with E-state index in [9.17, 15) is 18.0 Å². The molecule has 1 aliphatic rings. The van der Waals surface area contributed by atoms with E-state index in [0.29, 0.717) is 12.2 Å². The van der Waals surface area contributed by atoms with Crippen molar-refractivity contribution in [2.24, 2.45) is 0 Å². The molecule has 3 heterocycles. The Morgan fingerprint density at radius 1 is 1.08 bits per heavy atom. The molecule has 2 N–H and O–H groups in total. The average molecular weight is 372 g/mol. The zero-order valence-corrected chi connectivity index (χ0v) is 14.5. The minimum absolute atomic E-state index is 0.0220. The maximum absolute atomic E-state index is 13.2. The molecule has 1 aromatic carbocycles. The van der Waals surface area contributed by atoms with Crippen molar-refractivity contribution in [1.82, 2.24) is 15.0 Å². The van der Waals surface area contributed by atoms with Crippen LogP contribution in [0, 0.1) is 0 Å². The van der Waals surface area contributed by atoms with Crippen LogP contribution >= 0.6 is 0 Å². The molecule has 1 aliphatic heterocycles. The lowest BCUT2D eigenvalue weighted by Gasteiger charge is -2.24. The molecule has 0 bridgehead atoms. The van der Waals surface area contributed by atoms with Gasteiger partial charge in [-0.15, -0.1) is 0 Å². The highest BCUT2D eigenvalue weighted by molar-refractivity contribution is 7.92. The number of hydrogen-bond donors (Lipinski definition) is 2. The van der Waals surface area contributed by atoms with Gasteiger partial charge in [-0.2, -0.15) is 0 Å². The number of nitrogens with zero attached hydrogens (tertiary/aromatic N) is 2. The van der Waals surface area contributed by atoms with Crippen LogP contribution in [0.3, 0.4) is 0 Å². The van der Waals surface area contributed by atoms with Gasteiger partial charge < -0.3 is 0 Å². The number of aromatic amines is 2. The fourth-order valence-corrected chi connectivity index (χ4v) is 4.72. The molecule has 0 unspecified atom stereocenters. The van der Waals surface area contributed by atoms with Crippen LogP contribution in [0.5, 0.6) is 0 Å². The molecule has 0 spiro atoms. The Bertz CT molecular complexity index is 1210. The number of nitrogens with one attached hydrogen (secondary N) is 2. The van der Waals surface area contributed by atoms with Gasteiger partial charge >= 0.3 is 5.69 Å². The summed E-state index contributed by atoms with van der Waals surface area (Å²) in [4.78, 5) is 31.7. The van der Waals surface area contributed by atoms with Crippen LogP contribution in [-0.2, 0) is 16.4 Å². The van der Waals surface area contributed by atoms with E-state index < -0.39 is 21.3 Å². The maximum atomic E-state index is 13.2. The van der Waals surface area contributed by atoms with Crippen LogP contribution in [0.15, 0.2) is 51.0 Å². The van der Waals surface area contributed by atoms with Gasteiger partial charge in [0.25, 0.3) is 15.6 Å². The first-order chi connectivity index (χ1) is 12.5. The molecule has 0 amide bonds. The molecule has 3 aromatic rings. The van der Waals surface area contributed by atoms with E-state index in [1.165, 1.54) is 16.6 Å². The number of rotatable bonds is 2. The van der Waals surface area contributed by atoms with Gasteiger partial charge in [0.15, 0.2) is 0 Å². The third-order valence-electron chi connectivity index (χ3n) is 4.47. The topological polar surface area (TPSA) is 116 Å². The first-order valence-corrected chi connectivity index (χ1v) is 9.64. The first-order valence-electron chi connectivity index (χ1n) is 8.20. The Balaban J connectivity index is 1.88. The molecule has 8 nitrogen and oxygen atoms in total. The highest BCUT2D eigenvalue weighted by atomic mass is 32.2. The van der Waals surface area contributed by atoms with Gasteiger partial charge in [0.2, 0.25) is 0 Å². The zero-order chi connectivity index (χ0) is 18.3.